The topological polar surface area (TPSA) is 83.6 Å². The van der Waals surface area contributed by atoms with Crippen LogP contribution in [0, 0.1) is 0 Å². The monoisotopic (exact) mass is 516 g/mol. The Morgan fingerprint density at radius 3 is 2.22 bits per heavy atom. The molecule has 0 aliphatic carbocycles. The summed E-state index contributed by atoms with van der Waals surface area (Å²) < 4.78 is 6.00. The molecule has 4 aromatic rings. The van der Waals surface area contributed by atoms with E-state index >= 15 is 0 Å². The summed E-state index contributed by atoms with van der Waals surface area (Å²) in [6, 6.07) is 28.3. The van der Waals surface area contributed by atoms with E-state index in [4.69, 9.17) is 4.74 Å². The first-order valence-corrected chi connectivity index (χ1v) is 13.3. The minimum atomic E-state index is -0.304. The van der Waals surface area contributed by atoms with Crippen molar-refractivity contribution in [3.05, 3.63) is 96.1 Å². The Kier molecular flexibility index (Phi) is 9.62. The van der Waals surface area contributed by atoms with Crippen molar-refractivity contribution in [3.8, 4) is 0 Å². The first-order valence-electron chi connectivity index (χ1n) is 12.5. The summed E-state index contributed by atoms with van der Waals surface area (Å²) in [5.41, 5.74) is 3.28. The van der Waals surface area contributed by atoms with Crippen LogP contribution in [-0.2, 0) is 9.53 Å². The third-order valence-electron chi connectivity index (χ3n) is 6.02. The summed E-state index contributed by atoms with van der Waals surface area (Å²) >= 11 is 1.45. The van der Waals surface area contributed by atoms with Crippen LogP contribution in [0.1, 0.15) is 30.4 Å². The Morgan fingerprint density at radius 2 is 1.57 bits per heavy atom. The number of nitrogens with one attached hydrogen (secondary N) is 2. The molecule has 0 unspecified atom stereocenters. The lowest BCUT2D eigenvalue weighted by Crippen LogP contribution is -2.41. The number of urea groups is 1. The van der Waals surface area contributed by atoms with Gasteiger partial charge in [0.2, 0.25) is 0 Å². The number of anilines is 1. The summed E-state index contributed by atoms with van der Waals surface area (Å²) in [7, 11) is 0. The highest BCUT2D eigenvalue weighted by Gasteiger charge is 2.20. The van der Waals surface area contributed by atoms with Gasteiger partial charge in [-0.2, -0.15) is 0 Å². The molecule has 1 aromatic heterocycles. The fourth-order valence-corrected chi connectivity index (χ4v) is 5.06. The molecule has 0 bridgehead atoms. The quantitative estimate of drug-likeness (QED) is 0.192. The van der Waals surface area contributed by atoms with Gasteiger partial charge in [0.1, 0.15) is 0 Å². The van der Waals surface area contributed by atoms with Gasteiger partial charge in [-0.1, -0.05) is 84.1 Å². The number of hydrogen-bond donors (Lipinski definition) is 2. The van der Waals surface area contributed by atoms with E-state index in [2.05, 4.69) is 39.9 Å². The van der Waals surface area contributed by atoms with Crippen LogP contribution in [0.2, 0.25) is 0 Å². The summed E-state index contributed by atoms with van der Waals surface area (Å²) in [6.45, 7) is 3.67. The van der Waals surface area contributed by atoms with Crippen molar-refractivity contribution in [2.75, 3.05) is 38.1 Å². The molecule has 7 nitrogen and oxygen atoms in total. The van der Waals surface area contributed by atoms with Gasteiger partial charge in [0.05, 0.1) is 23.4 Å². The molecule has 37 heavy (non-hydrogen) atoms. The third-order valence-corrected chi connectivity index (χ3v) is 6.97. The second-order valence-corrected chi connectivity index (χ2v) is 9.58. The minimum Gasteiger partial charge on any atom is -0.465 e. The molecule has 192 valence electrons. The summed E-state index contributed by atoms with van der Waals surface area (Å²) in [5.74, 6) is -0.158. The molecule has 0 saturated carbocycles. The second kappa shape index (κ2) is 13.5. The first kappa shape index (κ1) is 26.3. The largest absolute Gasteiger partial charge is 0.465 e. The highest BCUT2D eigenvalue weighted by atomic mass is 32.1. The zero-order valence-corrected chi connectivity index (χ0v) is 21.7. The number of esters is 1. The first-order chi connectivity index (χ1) is 18.1. The number of carbonyl (C=O) groups is 2. The van der Waals surface area contributed by atoms with E-state index in [9.17, 15) is 9.59 Å². The van der Waals surface area contributed by atoms with Crippen LogP contribution in [-0.4, -0.2) is 54.7 Å². The van der Waals surface area contributed by atoms with Crippen LogP contribution in [0.5, 0.6) is 0 Å². The fourth-order valence-electron chi connectivity index (χ4n) is 4.21. The number of thiazole rings is 1. The van der Waals surface area contributed by atoms with Crippen LogP contribution >= 0.6 is 11.3 Å². The molecule has 3 aromatic carbocycles. The predicted molar refractivity (Wildman–Crippen MR) is 149 cm³/mol. The van der Waals surface area contributed by atoms with Crippen LogP contribution < -0.4 is 10.6 Å². The Morgan fingerprint density at radius 1 is 0.919 bits per heavy atom. The van der Waals surface area contributed by atoms with E-state index in [1.807, 2.05) is 60.7 Å². The molecule has 0 radical (unpaired) electrons. The zero-order valence-electron chi connectivity index (χ0n) is 20.9. The van der Waals surface area contributed by atoms with Gasteiger partial charge in [0.25, 0.3) is 0 Å². The second-order valence-electron chi connectivity index (χ2n) is 8.55. The number of rotatable bonds is 12. The highest BCUT2D eigenvalue weighted by Crippen LogP contribution is 2.29. The van der Waals surface area contributed by atoms with Gasteiger partial charge in [-0.05, 0) is 36.6 Å². The Balaban J connectivity index is 1.47. The molecule has 2 amide bonds. The van der Waals surface area contributed by atoms with E-state index in [0.717, 1.165) is 16.6 Å². The molecule has 1 heterocycles. The summed E-state index contributed by atoms with van der Waals surface area (Å²) in [6.07, 6.45) is 0.749. The van der Waals surface area contributed by atoms with Gasteiger partial charge in [-0.25, -0.2) is 9.78 Å². The van der Waals surface area contributed by atoms with Gasteiger partial charge in [-0.3, -0.25) is 10.1 Å². The number of carbonyl (C=O) groups excluding carboxylic acids is 2. The number of ether oxygens (including phenoxy) is 1. The molecule has 0 spiro atoms. The number of nitrogens with zero attached hydrogens (tertiary/aromatic N) is 2. The highest BCUT2D eigenvalue weighted by molar-refractivity contribution is 7.22. The van der Waals surface area contributed by atoms with Crippen molar-refractivity contribution in [2.45, 2.75) is 19.3 Å². The molecule has 0 aliphatic heterocycles. The molecule has 8 heteroatoms. The maximum Gasteiger partial charge on any atom is 0.323 e. The number of para-hydroxylation sites is 1. The third kappa shape index (κ3) is 7.62. The Labute approximate surface area is 221 Å². The SMILES string of the molecule is CCOC(=O)CNCCN(CCC(c1ccccc1)c1ccccc1)C(=O)Nc1nc2ccccc2s1. The lowest BCUT2D eigenvalue weighted by atomic mass is 9.88. The van der Waals surface area contributed by atoms with Gasteiger partial charge in [0, 0.05) is 25.6 Å². The van der Waals surface area contributed by atoms with Crippen molar-refractivity contribution in [2.24, 2.45) is 0 Å². The fraction of sp³-hybridized carbons (Fsp3) is 0.276. The number of benzene rings is 3. The Bertz CT molecular complexity index is 1210. The smallest absolute Gasteiger partial charge is 0.323 e. The van der Waals surface area contributed by atoms with Crippen LogP contribution in [0.25, 0.3) is 10.2 Å². The molecular formula is C29H32N4O3S. The summed E-state index contributed by atoms with van der Waals surface area (Å²) in [5, 5.41) is 6.63. The van der Waals surface area contributed by atoms with Crippen molar-refractivity contribution in [3.63, 3.8) is 0 Å². The van der Waals surface area contributed by atoms with Gasteiger partial charge in [0.15, 0.2) is 5.13 Å². The number of fused-ring (bicyclic) bond motifs is 1. The van der Waals surface area contributed by atoms with Gasteiger partial charge in [-0.15, -0.1) is 0 Å². The zero-order chi connectivity index (χ0) is 25.9. The van der Waals surface area contributed by atoms with Crippen molar-refractivity contribution >= 4 is 38.7 Å². The summed E-state index contributed by atoms with van der Waals surface area (Å²) in [4.78, 5) is 31.4. The lowest BCUT2D eigenvalue weighted by molar-refractivity contribution is -0.141. The maximum atomic E-state index is 13.4. The van der Waals surface area contributed by atoms with Crippen LogP contribution in [0.15, 0.2) is 84.9 Å². The maximum absolute atomic E-state index is 13.4. The van der Waals surface area contributed by atoms with Gasteiger partial charge < -0.3 is 15.0 Å². The molecule has 0 saturated heterocycles. The number of amides is 2. The van der Waals surface area contributed by atoms with E-state index in [-0.39, 0.29) is 24.5 Å². The van der Waals surface area contributed by atoms with Gasteiger partial charge >= 0.3 is 12.0 Å². The normalized spacial score (nSPS) is 11.0. The lowest BCUT2D eigenvalue weighted by Gasteiger charge is -2.26. The van der Waals surface area contributed by atoms with E-state index in [0.29, 0.717) is 31.4 Å². The Hall–Kier alpha value is -3.75. The van der Waals surface area contributed by atoms with E-state index in [1.165, 1.54) is 22.5 Å². The predicted octanol–water partition coefficient (Wildman–Crippen LogP) is 5.51. The van der Waals surface area contributed by atoms with Crippen molar-refractivity contribution < 1.29 is 14.3 Å². The molecule has 0 aliphatic rings. The molecular weight excluding hydrogens is 484 g/mol. The van der Waals surface area contributed by atoms with Crippen LogP contribution in [0.3, 0.4) is 0 Å². The molecule has 0 fully saturated rings. The van der Waals surface area contributed by atoms with Crippen molar-refractivity contribution in [1.82, 2.24) is 15.2 Å². The number of hydrogen-bond acceptors (Lipinski definition) is 6. The average Bonchev–Trinajstić information content (AvgIpc) is 3.33. The van der Waals surface area contributed by atoms with E-state index in [1.54, 1.807) is 11.8 Å². The van der Waals surface area contributed by atoms with Crippen LogP contribution in [0.4, 0.5) is 9.93 Å². The standard InChI is InChI=1S/C29H32N4O3S/c1-2-36-27(34)21-30-18-20-33(29(35)32-28-31-25-15-9-10-16-26(25)37-28)19-17-24(22-11-5-3-6-12-22)23-13-7-4-8-14-23/h3-16,24,30H,2,17-21H2,1H3,(H,31,32,35). The molecule has 0 atom stereocenters. The number of aromatic nitrogens is 1. The minimum absolute atomic E-state index is 0.109. The van der Waals surface area contributed by atoms with E-state index < -0.39 is 0 Å². The molecule has 2 N–H and O–H groups in total. The molecule has 4 rings (SSSR count). The van der Waals surface area contributed by atoms with Crippen molar-refractivity contribution in [1.29, 1.82) is 0 Å². The average molecular weight is 517 g/mol.